The molecule has 1 aliphatic heterocycles. The van der Waals surface area contributed by atoms with Gasteiger partial charge in [-0.15, -0.1) is 0 Å². The number of carbonyl (C=O) groups excluding carboxylic acids is 1. The van der Waals surface area contributed by atoms with E-state index in [2.05, 4.69) is 15.3 Å². The maximum Gasteiger partial charge on any atom is 0.217 e. The summed E-state index contributed by atoms with van der Waals surface area (Å²) in [4.78, 5) is 21.3. The van der Waals surface area contributed by atoms with Crippen molar-refractivity contribution in [1.82, 2.24) is 15.3 Å². The Balaban J connectivity index is 1.75. The molecular formula is C16H23FN4O2. The number of nitrogens with one attached hydrogen (secondary N) is 1. The molecule has 126 valence electrons. The van der Waals surface area contributed by atoms with E-state index < -0.39 is 6.10 Å². The van der Waals surface area contributed by atoms with Gasteiger partial charge in [-0.3, -0.25) is 4.79 Å². The molecule has 1 amide bonds. The summed E-state index contributed by atoms with van der Waals surface area (Å²) in [7, 11) is 0. The van der Waals surface area contributed by atoms with E-state index >= 15 is 0 Å². The molecule has 4 atom stereocenters. The van der Waals surface area contributed by atoms with E-state index in [0.29, 0.717) is 49.3 Å². The van der Waals surface area contributed by atoms with Crippen LogP contribution in [0.3, 0.4) is 0 Å². The second-order valence-corrected chi connectivity index (χ2v) is 6.58. The lowest BCUT2D eigenvalue weighted by atomic mass is 9.77. The second-order valence-electron chi connectivity index (χ2n) is 6.58. The molecule has 0 bridgehead atoms. The van der Waals surface area contributed by atoms with Gasteiger partial charge in [0.2, 0.25) is 5.91 Å². The van der Waals surface area contributed by atoms with Crippen LogP contribution in [-0.4, -0.2) is 46.2 Å². The zero-order valence-electron chi connectivity index (χ0n) is 13.5. The van der Waals surface area contributed by atoms with Gasteiger partial charge >= 0.3 is 0 Å². The van der Waals surface area contributed by atoms with Crippen LogP contribution in [0.15, 0.2) is 6.33 Å². The van der Waals surface area contributed by atoms with Crippen molar-refractivity contribution < 1.29 is 14.3 Å². The number of hydrogen-bond acceptors (Lipinski definition) is 5. The summed E-state index contributed by atoms with van der Waals surface area (Å²) in [5, 5.41) is 13.0. The molecule has 2 N–H and O–H groups in total. The number of aromatic nitrogens is 2. The maximum atomic E-state index is 14.5. The summed E-state index contributed by atoms with van der Waals surface area (Å²) >= 11 is 0. The van der Waals surface area contributed by atoms with Crippen molar-refractivity contribution in [1.29, 1.82) is 0 Å². The Kier molecular flexibility index (Phi) is 4.48. The molecule has 1 aliphatic carbocycles. The van der Waals surface area contributed by atoms with Crippen LogP contribution >= 0.6 is 0 Å². The third kappa shape index (κ3) is 3.15. The molecule has 2 heterocycles. The number of aliphatic hydroxyl groups excluding tert-OH is 1. The van der Waals surface area contributed by atoms with Crippen molar-refractivity contribution in [3.63, 3.8) is 0 Å². The molecule has 0 aromatic carbocycles. The topological polar surface area (TPSA) is 78.4 Å². The third-order valence-electron chi connectivity index (χ3n) is 5.01. The first-order chi connectivity index (χ1) is 11.0. The standard InChI is InChI=1S/C16H23FN4O2/c1-3-12-15(17)16(19-8-18-12)21-6-10-4-13(20-9(2)22)14(23)5-11(10)7-21/h8,10-11,13-14,23H,3-7H2,1-2H3,(H,20,22)/t10-,11+,13-,14-/m1/s1. The molecular weight excluding hydrogens is 299 g/mol. The van der Waals surface area contributed by atoms with Gasteiger partial charge < -0.3 is 15.3 Å². The predicted octanol–water partition coefficient (Wildman–Crippen LogP) is 0.890. The predicted molar refractivity (Wildman–Crippen MR) is 83.4 cm³/mol. The number of amides is 1. The van der Waals surface area contributed by atoms with E-state index in [1.54, 1.807) is 0 Å². The second kappa shape index (κ2) is 6.39. The highest BCUT2D eigenvalue weighted by Crippen LogP contribution is 2.38. The highest BCUT2D eigenvalue weighted by Gasteiger charge is 2.42. The molecule has 0 radical (unpaired) electrons. The molecule has 1 aromatic rings. The lowest BCUT2D eigenvalue weighted by Crippen LogP contribution is -2.48. The zero-order chi connectivity index (χ0) is 16.6. The lowest BCUT2D eigenvalue weighted by Gasteiger charge is -2.35. The molecule has 1 aromatic heterocycles. The average Bonchev–Trinajstić information content (AvgIpc) is 2.89. The van der Waals surface area contributed by atoms with Crippen LogP contribution in [0.4, 0.5) is 10.2 Å². The molecule has 6 nitrogen and oxygen atoms in total. The summed E-state index contributed by atoms with van der Waals surface area (Å²) in [6.45, 7) is 4.71. The number of halogens is 1. The Morgan fingerprint density at radius 1 is 1.39 bits per heavy atom. The van der Waals surface area contributed by atoms with Gasteiger partial charge in [0, 0.05) is 20.0 Å². The molecule has 7 heteroatoms. The smallest absolute Gasteiger partial charge is 0.217 e. The van der Waals surface area contributed by atoms with Crippen LogP contribution in [0.5, 0.6) is 0 Å². The van der Waals surface area contributed by atoms with Crippen LogP contribution in [0, 0.1) is 17.7 Å². The molecule has 1 saturated heterocycles. The monoisotopic (exact) mass is 322 g/mol. The molecule has 23 heavy (non-hydrogen) atoms. The van der Waals surface area contributed by atoms with Crippen molar-refractivity contribution in [2.75, 3.05) is 18.0 Å². The molecule has 0 unspecified atom stereocenters. The normalized spacial score (nSPS) is 30.2. The van der Waals surface area contributed by atoms with Gasteiger partial charge in [-0.25, -0.2) is 14.4 Å². The fraction of sp³-hybridized carbons (Fsp3) is 0.688. The zero-order valence-corrected chi connectivity index (χ0v) is 13.5. The highest BCUT2D eigenvalue weighted by molar-refractivity contribution is 5.73. The van der Waals surface area contributed by atoms with Crippen molar-refractivity contribution in [2.24, 2.45) is 11.8 Å². The highest BCUT2D eigenvalue weighted by atomic mass is 19.1. The quantitative estimate of drug-likeness (QED) is 0.864. The lowest BCUT2D eigenvalue weighted by molar-refractivity contribution is -0.121. The average molecular weight is 322 g/mol. The summed E-state index contributed by atoms with van der Waals surface area (Å²) in [6, 6.07) is -0.213. The van der Waals surface area contributed by atoms with E-state index in [1.165, 1.54) is 13.3 Å². The minimum atomic E-state index is -0.540. The number of hydrogen-bond donors (Lipinski definition) is 2. The van der Waals surface area contributed by atoms with Crippen LogP contribution in [0.1, 0.15) is 32.4 Å². The van der Waals surface area contributed by atoms with Gasteiger partial charge in [-0.05, 0) is 31.1 Å². The molecule has 1 saturated carbocycles. The van der Waals surface area contributed by atoms with Gasteiger partial charge in [0.05, 0.1) is 17.8 Å². The molecule has 0 spiro atoms. The first-order valence-electron chi connectivity index (χ1n) is 8.19. The first-order valence-corrected chi connectivity index (χ1v) is 8.19. The number of aliphatic hydroxyl groups is 1. The number of aryl methyl sites for hydroxylation is 1. The summed E-state index contributed by atoms with van der Waals surface area (Å²) in [6.07, 6.45) is 2.75. The van der Waals surface area contributed by atoms with Crippen LogP contribution < -0.4 is 10.2 Å². The summed E-state index contributed by atoms with van der Waals surface area (Å²) in [5.41, 5.74) is 0.432. The molecule has 2 fully saturated rings. The van der Waals surface area contributed by atoms with E-state index in [4.69, 9.17) is 0 Å². The van der Waals surface area contributed by atoms with Gasteiger partial charge in [0.25, 0.3) is 0 Å². The van der Waals surface area contributed by atoms with Gasteiger partial charge in [0.15, 0.2) is 11.6 Å². The van der Waals surface area contributed by atoms with E-state index in [1.807, 2.05) is 11.8 Å². The van der Waals surface area contributed by atoms with E-state index in [9.17, 15) is 14.3 Å². The summed E-state index contributed by atoms with van der Waals surface area (Å²) in [5.74, 6) is 0.519. The van der Waals surface area contributed by atoms with Crippen molar-refractivity contribution in [2.45, 2.75) is 45.3 Å². The summed E-state index contributed by atoms with van der Waals surface area (Å²) < 4.78 is 14.5. The molecule has 3 rings (SSSR count). The minimum Gasteiger partial charge on any atom is -0.391 e. The first kappa shape index (κ1) is 16.1. The van der Waals surface area contributed by atoms with Crippen molar-refractivity contribution >= 4 is 11.7 Å². The SMILES string of the molecule is CCc1ncnc(N2C[C@H]3C[C@@H](NC(C)=O)[C@H](O)C[C@H]3C2)c1F. The number of rotatable bonds is 3. The van der Waals surface area contributed by atoms with Crippen molar-refractivity contribution in [3.05, 3.63) is 17.8 Å². The maximum absolute atomic E-state index is 14.5. The van der Waals surface area contributed by atoms with Crippen LogP contribution in [-0.2, 0) is 11.2 Å². The fourth-order valence-corrected chi connectivity index (χ4v) is 3.88. The van der Waals surface area contributed by atoms with E-state index in [0.717, 1.165) is 6.42 Å². The number of anilines is 1. The van der Waals surface area contributed by atoms with Gasteiger partial charge in [-0.2, -0.15) is 0 Å². The number of nitrogens with zero attached hydrogens (tertiary/aromatic N) is 3. The van der Waals surface area contributed by atoms with Gasteiger partial charge in [0.1, 0.15) is 6.33 Å². The Morgan fingerprint density at radius 3 is 2.74 bits per heavy atom. The fourth-order valence-electron chi connectivity index (χ4n) is 3.88. The Labute approximate surface area is 135 Å². The largest absolute Gasteiger partial charge is 0.391 e. The Morgan fingerprint density at radius 2 is 2.09 bits per heavy atom. The van der Waals surface area contributed by atoms with E-state index in [-0.39, 0.29) is 17.8 Å². The van der Waals surface area contributed by atoms with Crippen LogP contribution in [0.25, 0.3) is 0 Å². The molecule has 2 aliphatic rings. The minimum absolute atomic E-state index is 0.128. The third-order valence-corrected chi connectivity index (χ3v) is 5.01. The number of fused-ring (bicyclic) bond motifs is 1. The number of carbonyl (C=O) groups is 1. The van der Waals surface area contributed by atoms with Gasteiger partial charge in [-0.1, -0.05) is 6.92 Å². The Bertz CT molecular complexity index is 597. The Hall–Kier alpha value is -1.76. The van der Waals surface area contributed by atoms with Crippen molar-refractivity contribution in [3.8, 4) is 0 Å². The van der Waals surface area contributed by atoms with Crippen LogP contribution in [0.2, 0.25) is 0 Å².